The van der Waals surface area contributed by atoms with Gasteiger partial charge in [-0.05, 0) is 30.5 Å². The van der Waals surface area contributed by atoms with Crippen molar-refractivity contribution in [2.75, 3.05) is 18.1 Å². The lowest BCUT2D eigenvalue weighted by atomic mass is 10.1. The van der Waals surface area contributed by atoms with Crippen LogP contribution in [0.5, 0.6) is 0 Å². The van der Waals surface area contributed by atoms with Crippen molar-refractivity contribution in [3.05, 3.63) is 47.8 Å². The number of nitrogens with zero attached hydrogens (tertiary/aromatic N) is 3. The number of imidazole rings is 1. The van der Waals surface area contributed by atoms with Gasteiger partial charge in [0, 0.05) is 25.0 Å². The summed E-state index contributed by atoms with van der Waals surface area (Å²) in [6.45, 7) is -0.774. The number of ether oxygens (including phenoxy) is 1. The third-order valence-corrected chi connectivity index (χ3v) is 7.46. The van der Waals surface area contributed by atoms with Gasteiger partial charge in [-0.2, -0.15) is 17.5 Å². The molecule has 1 atom stereocenters. The average Bonchev–Trinajstić information content (AvgIpc) is 3.40. The first kappa shape index (κ1) is 23.0. The molecule has 12 heteroatoms. The number of nitrogens with one attached hydrogen (secondary N) is 1. The molecule has 0 bridgehead atoms. The molecule has 0 amide bonds. The second-order valence-electron chi connectivity index (χ2n) is 8.11. The summed E-state index contributed by atoms with van der Waals surface area (Å²) in [7, 11) is -5.59. The van der Waals surface area contributed by atoms with E-state index in [2.05, 4.69) is 9.97 Å². The number of benzene rings is 1. The van der Waals surface area contributed by atoms with Crippen LogP contribution in [0.15, 0.2) is 30.7 Å². The predicted molar refractivity (Wildman–Crippen MR) is 109 cm³/mol. The molecule has 0 spiro atoms. The summed E-state index contributed by atoms with van der Waals surface area (Å²) in [6.07, 6.45) is 6.72. The van der Waals surface area contributed by atoms with Crippen molar-refractivity contribution in [2.24, 2.45) is 0 Å². The zero-order valence-electron chi connectivity index (χ0n) is 17.2. The first-order valence-electron chi connectivity index (χ1n) is 10.4. The molecule has 0 saturated heterocycles. The standard InChI is InChI=1S/C20H24F4N4O3S/c21-15-6-5-14-9-27(32(29,30)20(22,23)24)11-17(12-31-18-3-1-2-4-18)28(19(14)7-15)10-16-8-25-13-26-16/h5-8,13,17-18H,1-4,9-12H2,(H,25,26)/t17-/m0/s1. The minimum absolute atomic E-state index is 0.0125. The second-order valence-corrected chi connectivity index (χ2v) is 10.0. The minimum atomic E-state index is -5.59. The normalized spacial score (nSPS) is 21.0. The molecule has 2 aromatic rings. The molecule has 0 unspecified atom stereocenters. The van der Waals surface area contributed by atoms with Crippen molar-refractivity contribution < 1.29 is 30.7 Å². The molecule has 1 fully saturated rings. The Morgan fingerprint density at radius 3 is 2.62 bits per heavy atom. The van der Waals surface area contributed by atoms with Gasteiger partial charge in [-0.3, -0.25) is 0 Å². The lowest BCUT2D eigenvalue weighted by Crippen LogP contribution is -2.49. The number of anilines is 1. The van der Waals surface area contributed by atoms with E-state index < -0.39 is 40.5 Å². The smallest absolute Gasteiger partial charge is 0.376 e. The lowest BCUT2D eigenvalue weighted by molar-refractivity contribution is -0.0495. The molecule has 0 radical (unpaired) electrons. The zero-order valence-corrected chi connectivity index (χ0v) is 18.0. The zero-order chi connectivity index (χ0) is 22.9. The predicted octanol–water partition coefficient (Wildman–Crippen LogP) is 3.55. The molecule has 1 aromatic carbocycles. The van der Waals surface area contributed by atoms with E-state index in [9.17, 15) is 26.0 Å². The fourth-order valence-electron chi connectivity index (χ4n) is 4.27. The number of H-pyrrole nitrogens is 1. The second kappa shape index (κ2) is 8.99. The Kier molecular flexibility index (Phi) is 6.46. The van der Waals surface area contributed by atoms with Crippen LogP contribution in [0.4, 0.5) is 23.2 Å². The van der Waals surface area contributed by atoms with Crippen LogP contribution in [0.25, 0.3) is 0 Å². The molecule has 176 valence electrons. The van der Waals surface area contributed by atoms with Gasteiger partial charge < -0.3 is 14.6 Å². The number of halogens is 4. The third kappa shape index (κ3) is 4.76. The highest BCUT2D eigenvalue weighted by Gasteiger charge is 2.51. The van der Waals surface area contributed by atoms with Gasteiger partial charge in [0.2, 0.25) is 0 Å². The SMILES string of the molecule is O=S(=O)(N1Cc2ccc(F)cc2N(Cc2cnc[nH]2)[C@H](COC2CCCC2)C1)C(F)(F)F. The van der Waals surface area contributed by atoms with Gasteiger partial charge in [-0.1, -0.05) is 18.9 Å². The van der Waals surface area contributed by atoms with Gasteiger partial charge in [0.25, 0.3) is 0 Å². The maximum Gasteiger partial charge on any atom is 0.511 e. The number of alkyl halides is 3. The summed E-state index contributed by atoms with van der Waals surface area (Å²) in [6, 6.07) is 2.89. The Morgan fingerprint density at radius 2 is 1.97 bits per heavy atom. The van der Waals surface area contributed by atoms with E-state index in [0.29, 0.717) is 15.7 Å². The number of aromatic amines is 1. The van der Waals surface area contributed by atoms with Crippen molar-refractivity contribution in [1.29, 1.82) is 0 Å². The fourth-order valence-corrected chi connectivity index (χ4v) is 5.24. The van der Waals surface area contributed by atoms with Crippen LogP contribution in [0.1, 0.15) is 36.9 Å². The van der Waals surface area contributed by atoms with E-state index in [-0.39, 0.29) is 24.8 Å². The van der Waals surface area contributed by atoms with Crippen molar-refractivity contribution in [1.82, 2.24) is 14.3 Å². The molecule has 2 aliphatic rings. The van der Waals surface area contributed by atoms with Gasteiger partial charge in [0.15, 0.2) is 0 Å². The van der Waals surface area contributed by atoms with E-state index in [1.54, 1.807) is 11.1 Å². The molecule has 4 rings (SSSR count). The van der Waals surface area contributed by atoms with Gasteiger partial charge in [-0.15, -0.1) is 0 Å². The Labute approximate surface area is 183 Å². The number of fused-ring (bicyclic) bond motifs is 1. The van der Waals surface area contributed by atoms with E-state index in [1.807, 2.05) is 0 Å². The van der Waals surface area contributed by atoms with Crippen LogP contribution in [-0.2, 0) is 27.8 Å². The number of aromatic nitrogens is 2. The molecule has 1 N–H and O–H groups in total. The van der Waals surface area contributed by atoms with Gasteiger partial charge in [-0.25, -0.2) is 17.8 Å². The van der Waals surface area contributed by atoms with E-state index in [0.717, 1.165) is 31.7 Å². The maximum absolute atomic E-state index is 14.2. The Bertz CT molecular complexity index is 1020. The molecule has 2 heterocycles. The average molecular weight is 476 g/mol. The van der Waals surface area contributed by atoms with Crippen molar-refractivity contribution >= 4 is 15.7 Å². The first-order chi connectivity index (χ1) is 15.1. The van der Waals surface area contributed by atoms with Crippen LogP contribution in [-0.4, -0.2) is 53.5 Å². The number of rotatable bonds is 6. The minimum Gasteiger partial charge on any atom is -0.376 e. The maximum atomic E-state index is 14.2. The molecular weight excluding hydrogens is 452 g/mol. The molecule has 7 nitrogen and oxygen atoms in total. The summed E-state index contributed by atoms with van der Waals surface area (Å²) < 4.78 is 85.4. The highest BCUT2D eigenvalue weighted by Crippen LogP contribution is 2.35. The van der Waals surface area contributed by atoms with Crippen LogP contribution < -0.4 is 4.90 Å². The van der Waals surface area contributed by atoms with Crippen LogP contribution in [0, 0.1) is 5.82 Å². The molecule has 1 aliphatic carbocycles. The topological polar surface area (TPSA) is 78.5 Å². The summed E-state index contributed by atoms with van der Waals surface area (Å²) in [5.74, 6) is -0.569. The van der Waals surface area contributed by atoms with Crippen LogP contribution in [0.2, 0.25) is 0 Å². The lowest BCUT2D eigenvalue weighted by Gasteiger charge is -2.34. The number of hydrogen-bond acceptors (Lipinski definition) is 5. The van der Waals surface area contributed by atoms with Gasteiger partial charge in [0.05, 0.1) is 37.3 Å². The Morgan fingerprint density at radius 1 is 1.22 bits per heavy atom. The van der Waals surface area contributed by atoms with E-state index >= 15 is 0 Å². The molecule has 1 aromatic heterocycles. The molecule has 1 saturated carbocycles. The van der Waals surface area contributed by atoms with Crippen molar-refractivity contribution in [3.63, 3.8) is 0 Å². The monoisotopic (exact) mass is 476 g/mol. The van der Waals surface area contributed by atoms with Crippen molar-refractivity contribution in [3.8, 4) is 0 Å². The number of sulfonamides is 1. The molecule has 32 heavy (non-hydrogen) atoms. The molecule has 1 aliphatic heterocycles. The highest BCUT2D eigenvalue weighted by molar-refractivity contribution is 7.89. The first-order valence-corrected chi connectivity index (χ1v) is 11.8. The van der Waals surface area contributed by atoms with E-state index in [1.165, 1.54) is 18.5 Å². The summed E-state index contributed by atoms with van der Waals surface area (Å²) in [5.41, 5.74) is -4.18. The molecular formula is C20H24F4N4O3S. The third-order valence-electron chi connectivity index (χ3n) is 5.91. The largest absolute Gasteiger partial charge is 0.511 e. The fraction of sp³-hybridized carbons (Fsp3) is 0.550. The van der Waals surface area contributed by atoms with Crippen LogP contribution >= 0.6 is 0 Å². The van der Waals surface area contributed by atoms with Gasteiger partial charge in [0.1, 0.15) is 5.82 Å². The summed E-state index contributed by atoms with van der Waals surface area (Å²) in [5, 5.41) is 0. The number of hydrogen-bond donors (Lipinski definition) is 1. The summed E-state index contributed by atoms with van der Waals surface area (Å²) >= 11 is 0. The van der Waals surface area contributed by atoms with Crippen LogP contribution in [0.3, 0.4) is 0 Å². The van der Waals surface area contributed by atoms with Crippen molar-refractivity contribution in [2.45, 2.75) is 56.4 Å². The highest BCUT2D eigenvalue weighted by atomic mass is 32.2. The van der Waals surface area contributed by atoms with E-state index in [4.69, 9.17) is 4.74 Å². The Balaban J connectivity index is 1.73. The van der Waals surface area contributed by atoms with Gasteiger partial charge >= 0.3 is 15.5 Å². The Hall–Kier alpha value is -2.18. The summed E-state index contributed by atoms with van der Waals surface area (Å²) in [4.78, 5) is 8.60. The quantitative estimate of drug-likeness (QED) is 0.646.